The average molecular weight is 401 g/mol. The number of nitrogens with zero attached hydrogens (tertiary/aromatic N) is 2. The van der Waals surface area contributed by atoms with E-state index in [2.05, 4.69) is 9.97 Å². The lowest BCUT2D eigenvalue weighted by atomic mass is 10.1. The molecule has 2 aromatic heterocycles. The second-order valence-electron chi connectivity index (χ2n) is 6.67. The van der Waals surface area contributed by atoms with Crippen molar-refractivity contribution in [3.63, 3.8) is 0 Å². The largest absolute Gasteiger partial charge is 0.482 e. The van der Waals surface area contributed by atoms with Gasteiger partial charge in [-0.05, 0) is 55.5 Å². The number of carbonyl (C=O) groups excluding carboxylic acids is 1. The first-order valence-corrected chi connectivity index (χ1v) is 10.0. The van der Waals surface area contributed by atoms with Crippen LogP contribution in [0.15, 0.2) is 24.3 Å². The molecule has 1 aromatic carbocycles. The van der Waals surface area contributed by atoms with E-state index in [1.165, 1.54) is 47.5 Å². The van der Waals surface area contributed by atoms with Crippen LogP contribution in [-0.4, -0.2) is 22.5 Å². The number of halogens is 1. The Morgan fingerprint density at radius 3 is 2.75 bits per heavy atom. The van der Waals surface area contributed by atoms with Crippen LogP contribution in [0.3, 0.4) is 0 Å². The molecule has 0 bridgehead atoms. The van der Waals surface area contributed by atoms with Gasteiger partial charge in [-0.2, -0.15) is 0 Å². The molecule has 0 saturated heterocycles. The second-order valence-corrected chi connectivity index (χ2v) is 7.76. The number of benzene rings is 1. The maximum atomic E-state index is 12.9. The molecule has 146 valence electrons. The smallest absolute Gasteiger partial charge is 0.344 e. The third kappa shape index (κ3) is 4.06. The summed E-state index contributed by atoms with van der Waals surface area (Å²) in [6, 6.07) is 5.41. The van der Waals surface area contributed by atoms with Crippen LogP contribution >= 0.6 is 11.3 Å². The summed E-state index contributed by atoms with van der Waals surface area (Å²) in [6.07, 6.45) is 5.65. The van der Waals surface area contributed by atoms with Crippen LogP contribution in [0.1, 0.15) is 35.5 Å². The van der Waals surface area contributed by atoms with Gasteiger partial charge in [0.2, 0.25) is 0 Å². The minimum atomic E-state index is -0.562. The van der Waals surface area contributed by atoms with Crippen molar-refractivity contribution in [1.29, 1.82) is 0 Å². The Labute approximate surface area is 165 Å². The molecule has 0 saturated carbocycles. The number of aromatic nitrogens is 2. The molecular formula is C20H20FN3O3S. The van der Waals surface area contributed by atoms with Crippen molar-refractivity contribution in [3.8, 4) is 5.75 Å². The lowest BCUT2D eigenvalue weighted by molar-refractivity contribution is -0.147. The van der Waals surface area contributed by atoms with Crippen molar-refractivity contribution in [2.24, 2.45) is 0 Å². The fourth-order valence-electron chi connectivity index (χ4n) is 3.33. The molecule has 0 fully saturated rings. The van der Waals surface area contributed by atoms with E-state index in [0.29, 0.717) is 17.4 Å². The summed E-state index contributed by atoms with van der Waals surface area (Å²) in [4.78, 5) is 23.0. The van der Waals surface area contributed by atoms with Crippen molar-refractivity contribution >= 4 is 33.3 Å². The zero-order valence-corrected chi connectivity index (χ0v) is 16.1. The lowest BCUT2D eigenvalue weighted by Crippen LogP contribution is -2.15. The van der Waals surface area contributed by atoms with Crippen molar-refractivity contribution in [1.82, 2.24) is 9.97 Å². The molecule has 6 nitrogen and oxygen atoms in total. The summed E-state index contributed by atoms with van der Waals surface area (Å²) in [6.45, 7) is -0.356. The van der Waals surface area contributed by atoms with Crippen LogP contribution in [0.5, 0.6) is 5.75 Å². The summed E-state index contributed by atoms with van der Waals surface area (Å²) < 4.78 is 23.3. The Balaban J connectivity index is 1.40. The number of carbonyl (C=O) groups is 1. The van der Waals surface area contributed by atoms with Gasteiger partial charge in [-0.25, -0.2) is 19.2 Å². The lowest BCUT2D eigenvalue weighted by Gasteiger charge is -2.07. The van der Waals surface area contributed by atoms with E-state index >= 15 is 0 Å². The van der Waals surface area contributed by atoms with Gasteiger partial charge in [0.05, 0.1) is 5.39 Å². The number of ether oxygens (including phenoxy) is 2. The van der Waals surface area contributed by atoms with Gasteiger partial charge in [0, 0.05) is 4.88 Å². The molecule has 1 aliphatic carbocycles. The molecule has 0 amide bonds. The summed E-state index contributed by atoms with van der Waals surface area (Å²) in [5.74, 6) is 0.273. The van der Waals surface area contributed by atoms with E-state index in [4.69, 9.17) is 15.2 Å². The van der Waals surface area contributed by atoms with Crippen molar-refractivity contribution < 1.29 is 18.7 Å². The van der Waals surface area contributed by atoms with E-state index < -0.39 is 5.97 Å². The minimum absolute atomic E-state index is 0.0751. The molecular weight excluding hydrogens is 381 g/mol. The number of nitrogens with two attached hydrogens (primary N) is 1. The molecule has 0 aliphatic heterocycles. The number of hydrogen-bond donors (Lipinski definition) is 1. The number of rotatable bonds is 5. The Kier molecular flexibility index (Phi) is 5.38. The fourth-order valence-corrected chi connectivity index (χ4v) is 4.62. The SMILES string of the molecule is Nc1nc(COC(=O)COc2ccc(F)cc2)nc2sc3c(c12)CCCCC3. The van der Waals surface area contributed by atoms with Crippen LogP contribution in [0.2, 0.25) is 0 Å². The summed E-state index contributed by atoms with van der Waals surface area (Å²) in [5.41, 5.74) is 7.47. The minimum Gasteiger partial charge on any atom is -0.482 e. The van der Waals surface area contributed by atoms with E-state index in [0.717, 1.165) is 29.5 Å². The van der Waals surface area contributed by atoms with E-state index in [1.54, 1.807) is 11.3 Å². The van der Waals surface area contributed by atoms with E-state index in [9.17, 15) is 9.18 Å². The number of thiophene rings is 1. The monoisotopic (exact) mass is 401 g/mol. The Morgan fingerprint density at radius 1 is 1.14 bits per heavy atom. The number of fused-ring (bicyclic) bond motifs is 3. The van der Waals surface area contributed by atoms with Crippen LogP contribution in [0.4, 0.5) is 10.2 Å². The molecule has 0 spiro atoms. The summed E-state index contributed by atoms with van der Waals surface area (Å²) in [7, 11) is 0. The molecule has 3 aromatic rings. The Morgan fingerprint density at radius 2 is 1.93 bits per heavy atom. The van der Waals surface area contributed by atoms with E-state index in [-0.39, 0.29) is 19.0 Å². The first-order valence-electron chi connectivity index (χ1n) is 9.21. The number of anilines is 1. The highest BCUT2D eigenvalue weighted by Crippen LogP contribution is 2.37. The van der Waals surface area contributed by atoms with Gasteiger partial charge in [-0.15, -0.1) is 11.3 Å². The van der Waals surface area contributed by atoms with E-state index in [1.807, 2.05) is 0 Å². The van der Waals surface area contributed by atoms with Gasteiger partial charge in [-0.1, -0.05) is 6.42 Å². The molecule has 1 aliphatic rings. The number of hydrogen-bond acceptors (Lipinski definition) is 7. The third-order valence-electron chi connectivity index (χ3n) is 4.67. The zero-order valence-electron chi connectivity index (χ0n) is 15.2. The zero-order chi connectivity index (χ0) is 19.5. The van der Waals surface area contributed by atoms with Gasteiger partial charge < -0.3 is 15.2 Å². The second kappa shape index (κ2) is 8.10. The Hall–Kier alpha value is -2.74. The predicted octanol–water partition coefficient (Wildman–Crippen LogP) is 3.80. The van der Waals surface area contributed by atoms with Gasteiger partial charge in [0.15, 0.2) is 19.0 Å². The highest BCUT2D eigenvalue weighted by molar-refractivity contribution is 7.19. The highest BCUT2D eigenvalue weighted by Gasteiger charge is 2.19. The van der Waals surface area contributed by atoms with Crippen molar-refractivity contribution in [2.75, 3.05) is 12.3 Å². The maximum Gasteiger partial charge on any atom is 0.344 e. The fraction of sp³-hybridized carbons (Fsp3) is 0.350. The summed E-state index contributed by atoms with van der Waals surface area (Å²) >= 11 is 1.66. The molecule has 8 heteroatoms. The van der Waals surface area contributed by atoms with Crippen LogP contribution < -0.4 is 10.5 Å². The molecule has 2 heterocycles. The van der Waals surface area contributed by atoms with Crippen LogP contribution in [0.25, 0.3) is 10.2 Å². The number of esters is 1. The molecule has 0 radical (unpaired) electrons. The van der Waals surface area contributed by atoms with Gasteiger partial charge in [0.1, 0.15) is 22.2 Å². The third-order valence-corrected chi connectivity index (χ3v) is 5.86. The van der Waals surface area contributed by atoms with Crippen LogP contribution in [0, 0.1) is 5.82 Å². The molecule has 4 rings (SSSR count). The van der Waals surface area contributed by atoms with Gasteiger partial charge in [-0.3, -0.25) is 0 Å². The number of aryl methyl sites for hydroxylation is 2. The van der Waals surface area contributed by atoms with Gasteiger partial charge >= 0.3 is 5.97 Å². The standard InChI is InChI=1S/C20H20FN3O3S/c21-12-6-8-13(9-7-12)26-11-17(25)27-10-16-23-19(22)18-14-4-2-1-3-5-15(14)28-20(18)24-16/h6-9H,1-5,10-11H2,(H2,22,23,24). The molecule has 0 unspecified atom stereocenters. The average Bonchev–Trinajstić information content (AvgIpc) is 2.88. The quantitative estimate of drug-likeness (QED) is 0.517. The van der Waals surface area contributed by atoms with Gasteiger partial charge in [0.25, 0.3) is 0 Å². The first kappa shape index (κ1) is 18.6. The first-order chi connectivity index (χ1) is 13.6. The predicted molar refractivity (Wildman–Crippen MR) is 105 cm³/mol. The van der Waals surface area contributed by atoms with Crippen molar-refractivity contribution in [3.05, 3.63) is 46.3 Å². The number of nitrogen functional groups attached to an aromatic ring is 1. The topological polar surface area (TPSA) is 87.3 Å². The highest BCUT2D eigenvalue weighted by atomic mass is 32.1. The van der Waals surface area contributed by atoms with Crippen LogP contribution in [-0.2, 0) is 29.0 Å². The maximum absolute atomic E-state index is 12.9. The summed E-state index contributed by atoms with van der Waals surface area (Å²) in [5, 5.41) is 0.955. The normalized spacial score (nSPS) is 13.8. The molecule has 28 heavy (non-hydrogen) atoms. The van der Waals surface area contributed by atoms with Crippen molar-refractivity contribution in [2.45, 2.75) is 38.7 Å². The molecule has 0 atom stereocenters. The molecule has 2 N–H and O–H groups in total. The Bertz CT molecular complexity index is 1000.